The number of guanidine groups is 1. The van der Waals surface area contributed by atoms with Crippen molar-refractivity contribution in [3.05, 3.63) is 0 Å². The van der Waals surface area contributed by atoms with Crippen molar-refractivity contribution in [1.82, 2.24) is 15.5 Å². The first kappa shape index (κ1) is 21.0. The average molecular weight is 438 g/mol. The van der Waals surface area contributed by atoms with E-state index in [9.17, 15) is 0 Å². The molecule has 0 amide bonds. The van der Waals surface area contributed by atoms with Gasteiger partial charge in [0.15, 0.2) is 5.96 Å². The van der Waals surface area contributed by atoms with E-state index in [2.05, 4.69) is 41.5 Å². The highest BCUT2D eigenvalue weighted by Gasteiger charge is 2.36. The van der Waals surface area contributed by atoms with Gasteiger partial charge in [-0.25, -0.2) is 0 Å². The van der Waals surface area contributed by atoms with Crippen LogP contribution in [0, 0.1) is 5.41 Å². The lowest BCUT2D eigenvalue weighted by atomic mass is 9.67. The topological polar surface area (TPSA) is 48.9 Å². The summed E-state index contributed by atoms with van der Waals surface area (Å²) >= 11 is 0. The van der Waals surface area contributed by atoms with Gasteiger partial charge in [-0.1, -0.05) is 13.3 Å². The van der Waals surface area contributed by atoms with Crippen molar-refractivity contribution in [2.75, 3.05) is 47.4 Å². The number of ether oxygens (including phenoxy) is 1. The number of hydrogen-bond donors (Lipinski definition) is 2. The van der Waals surface area contributed by atoms with Gasteiger partial charge in [-0.2, -0.15) is 0 Å². The van der Waals surface area contributed by atoms with Crippen LogP contribution in [0.1, 0.15) is 45.4 Å². The van der Waals surface area contributed by atoms with Crippen LogP contribution in [0.4, 0.5) is 0 Å². The molecule has 1 heterocycles. The van der Waals surface area contributed by atoms with Crippen molar-refractivity contribution < 1.29 is 4.74 Å². The van der Waals surface area contributed by atoms with E-state index in [1.165, 1.54) is 25.7 Å². The van der Waals surface area contributed by atoms with Gasteiger partial charge in [-0.3, -0.25) is 4.99 Å². The third-order valence-electron chi connectivity index (χ3n) is 5.98. The SMILES string of the molecule is CCC1(CNC(=NC)NCC2(N(C)C)CCOCC2)CCC1.I. The van der Waals surface area contributed by atoms with Crippen LogP contribution in [0.3, 0.4) is 0 Å². The Kier molecular flexibility index (Phi) is 8.58. The van der Waals surface area contributed by atoms with Crippen molar-refractivity contribution in [3.8, 4) is 0 Å². The van der Waals surface area contributed by atoms with Crippen molar-refractivity contribution in [2.45, 2.75) is 51.0 Å². The fraction of sp³-hybridized carbons (Fsp3) is 0.941. The zero-order chi connectivity index (χ0) is 16.1. The predicted molar refractivity (Wildman–Crippen MR) is 108 cm³/mol. The van der Waals surface area contributed by atoms with Gasteiger partial charge in [0, 0.05) is 38.9 Å². The third kappa shape index (κ3) is 5.19. The lowest BCUT2D eigenvalue weighted by Gasteiger charge is -2.44. The molecule has 0 aromatic carbocycles. The van der Waals surface area contributed by atoms with Crippen LogP contribution in [0.15, 0.2) is 4.99 Å². The van der Waals surface area contributed by atoms with Gasteiger partial charge in [0.25, 0.3) is 0 Å². The molecule has 2 fully saturated rings. The fourth-order valence-corrected chi connectivity index (χ4v) is 3.61. The van der Waals surface area contributed by atoms with Crippen LogP contribution >= 0.6 is 24.0 Å². The Bertz CT molecular complexity index is 371. The van der Waals surface area contributed by atoms with E-state index in [0.29, 0.717) is 5.41 Å². The summed E-state index contributed by atoms with van der Waals surface area (Å²) in [6, 6.07) is 0. The molecule has 0 atom stereocenters. The minimum absolute atomic E-state index is 0. The second kappa shape index (κ2) is 9.42. The molecule has 5 nitrogen and oxygen atoms in total. The Morgan fingerprint density at radius 2 is 1.70 bits per heavy atom. The number of hydrogen-bond acceptors (Lipinski definition) is 3. The van der Waals surface area contributed by atoms with Gasteiger partial charge >= 0.3 is 0 Å². The summed E-state index contributed by atoms with van der Waals surface area (Å²) in [4.78, 5) is 6.75. The van der Waals surface area contributed by atoms with Crippen molar-refractivity contribution in [3.63, 3.8) is 0 Å². The van der Waals surface area contributed by atoms with Gasteiger partial charge in [-0.15, -0.1) is 24.0 Å². The molecule has 0 radical (unpaired) electrons. The molecule has 23 heavy (non-hydrogen) atoms. The van der Waals surface area contributed by atoms with E-state index in [1.807, 2.05) is 7.05 Å². The van der Waals surface area contributed by atoms with E-state index < -0.39 is 0 Å². The molecule has 1 aliphatic carbocycles. The highest BCUT2D eigenvalue weighted by molar-refractivity contribution is 14.0. The zero-order valence-electron chi connectivity index (χ0n) is 15.3. The third-order valence-corrected chi connectivity index (χ3v) is 5.98. The molecule has 0 aromatic heterocycles. The number of halogens is 1. The van der Waals surface area contributed by atoms with Crippen LogP contribution < -0.4 is 10.6 Å². The lowest BCUT2D eigenvalue weighted by molar-refractivity contribution is -0.00504. The van der Waals surface area contributed by atoms with E-state index in [4.69, 9.17) is 4.74 Å². The molecule has 2 aliphatic rings. The number of likely N-dealkylation sites (N-methyl/N-ethyl adjacent to an activating group) is 1. The quantitative estimate of drug-likeness (QED) is 0.380. The summed E-state index contributed by atoms with van der Waals surface area (Å²) < 4.78 is 5.54. The summed E-state index contributed by atoms with van der Waals surface area (Å²) in [6.07, 6.45) is 7.49. The van der Waals surface area contributed by atoms with Gasteiger partial charge in [0.05, 0.1) is 0 Å². The normalized spacial score (nSPS) is 22.9. The average Bonchev–Trinajstić information content (AvgIpc) is 2.50. The summed E-state index contributed by atoms with van der Waals surface area (Å²) in [5, 5.41) is 7.10. The largest absolute Gasteiger partial charge is 0.381 e. The van der Waals surface area contributed by atoms with E-state index >= 15 is 0 Å². The Morgan fingerprint density at radius 3 is 2.13 bits per heavy atom. The van der Waals surface area contributed by atoms with E-state index in [1.54, 1.807) is 0 Å². The van der Waals surface area contributed by atoms with Crippen molar-refractivity contribution >= 4 is 29.9 Å². The molecule has 0 aromatic rings. The minimum Gasteiger partial charge on any atom is -0.381 e. The number of nitrogens with one attached hydrogen (secondary N) is 2. The molecule has 1 aliphatic heterocycles. The summed E-state index contributed by atoms with van der Waals surface area (Å²) in [6.45, 7) is 5.97. The summed E-state index contributed by atoms with van der Waals surface area (Å²) in [5.74, 6) is 0.937. The molecule has 2 N–H and O–H groups in total. The fourth-order valence-electron chi connectivity index (χ4n) is 3.61. The molecular formula is C17H35IN4O. The monoisotopic (exact) mass is 438 g/mol. The van der Waals surface area contributed by atoms with E-state index in [0.717, 1.165) is 45.1 Å². The Hall–Kier alpha value is -0.0800. The van der Waals surface area contributed by atoms with Crippen LogP contribution in [-0.4, -0.2) is 63.8 Å². The smallest absolute Gasteiger partial charge is 0.191 e. The Morgan fingerprint density at radius 1 is 1.09 bits per heavy atom. The van der Waals surface area contributed by atoms with Gasteiger partial charge in [0.2, 0.25) is 0 Å². The van der Waals surface area contributed by atoms with Crippen molar-refractivity contribution in [2.24, 2.45) is 10.4 Å². The first-order valence-electron chi connectivity index (χ1n) is 8.76. The standard InChI is InChI=1S/C17H34N4O.HI/c1-5-16(7-6-8-16)13-19-15(18-2)20-14-17(21(3)4)9-11-22-12-10-17;/h5-14H2,1-4H3,(H2,18,19,20);1H. The molecule has 0 unspecified atom stereocenters. The van der Waals surface area contributed by atoms with Crippen LogP contribution in [-0.2, 0) is 4.74 Å². The Balaban J connectivity index is 0.00000264. The first-order chi connectivity index (χ1) is 10.6. The van der Waals surface area contributed by atoms with Gasteiger partial charge < -0.3 is 20.3 Å². The van der Waals surface area contributed by atoms with Gasteiger partial charge in [0.1, 0.15) is 0 Å². The number of rotatable bonds is 6. The maximum absolute atomic E-state index is 5.54. The molecule has 1 saturated heterocycles. The first-order valence-corrected chi connectivity index (χ1v) is 8.76. The highest BCUT2D eigenvalue weighted by atomic mass is 127. The molecule has 2 rings (SSSR count). The molecule has 136 valence electrons. The molecule has 1 saturated carbocycles. The highest BCUT2D eigenvalue weighted by Crippen LogP contribution is 2.43. The van der Waals surface area contributed by atoms with Crippen LogP contribution in [0.5, 0.6) is 0 Å². The molecule has 0 spiro atoms. The predicted octanol–water partition coefficient (Wildman–Crippen LogP) is 2.46. The minimum atomic E-state index is 0. The lowest BCUT2D eigenvalue weighted by Crippen LogP contribution is -2.57. The summed E-state index contributed by atoms with van der Waals surface area (Å²) in [7, 11) is 6.20. The van der Waals surface area contributed by atoms with Crippen LogP contribution in [0.2, 0.25) is 0 Å². The number of aliphatic imine (C=N–C) groups is 1. The molecular weight excluding hydrogens is 403 g/mol. The second-order valence-electron chi connectivity index (χ2n) is 7.22. The van der Waals surface area contributed by atoms with Gasteiger partial charge in [-0.05, 0) is 51.6 Å². The zero-order valence-corrected chi connectivity index (χ0v) is 17.6. The van der Waals surface area contributed by atoms with Crippen LogP contribution in [0.25, 0.3) is 0 Å². The maximum Gasteiger partial charge on any atom is 0.191 e. The summed E-state index contributed by atoms with van der Waals surface area (Å²) in [5.41, 5.74) is 0.685. The van der Waals surface area contributed by atoms with E-state index in [-0.39, 0.29) is 29.5 Å². The maximum atomic E-state index is 5.54. The second-order valence-corrected chi connectivity index (χ2v) is 7.22. The van der Waals surface area contributed by atoms with Crippen molar-refractivity contribution in [1.29, 1.82) is 0 Å². The Labute approximate surface area is 159 Å². The molecule has 6 heteroatoms. The number of nitrogens with zero attached hydrogens (tertiary/aromatic N) is 2. The molecule has 0 bridgehead atoms.